The molecule has 5 nitrogen and oxygen atoms in total. The largest absolute Gasteiger partial charge is 0.393 e. The first-order chi connectivity index (χ1) is 10.4. The topological polar surface area (TPSA) is 78.4 Å². The molecule has 0 heterocycles. The maximum atomic E-state index is 13.0. The molecule has 1 aromatic carbocycles. The zero-order valence-corrected chi connectivity index (χ0v) is 12.7. The van der Waals surface area contributed by atoms with Crippen LogP contribution in [0.3, 0.4) is 0 Å². The number of halogens is 2. The molecule has 0 saturated heterocycles. The number of aliphatic hydroxyl groups is 1. The lowest BCUT2D eigenvalue weighted by atomic mass is 9.93. The van der Waals surface area contributed by atoms with E-state index in [4.69, 9.17) is 11.6 Å². The second kappa shape index (κ2) is 7.56. The second-order valence-electron chi connectivity index (χ2n) is 5.43. The van der Waals surface area contributed by atoms with E-state index in [1.807, 2.05) is 0 Å². The molecule has 7 heteroatoms. The highest BCUT2D eigenvalue weighted by Gasteiger charge is 2.21. The van der Waals surface area contributed by atoms with E-state index in [1.54, 1.807) is 0 Å². The summed E-state index contributed by atoms with van der Waals surface area (Å²) in [5, 5.41) is 14.6. The molecule has 1 aliphatic rings. The van der Waals surface area contributed by atoms with E-state index >= 15 is 0 Å². The predicted molar refractivity (Wildman–Crippen MR) is 81.1 cm³/mol. The zero-order chi connectivity index (χ0) is 16.1. The Labute approximate surface area is 132 Å². The van der Waals surface area contributed by atoms with Crippen LogP contribution in [0.5, 0.6) is 0 Å². The molecule has 0 aromatic heterocycles. The zero-order valence-electron chi connectivity index (χ0n) is 11.9. The summed E-state index contributed by atoms with van der Waals surface area (Å²) in [7, 11) is 0. The molecule has 0 atom stereocenters. The molecule has 1 aliphatic carbocycles. The fraction of sp³-hybridized carbons (Fsp3) is 0.467. The van der Waals surface area contributed by atoms with Crippen molar-refractivity contribution in [2.75, 3.05) is 5.32 Å². The third-order valence-corrected chi connectivity index (χ3v) is 3.88. The number of carbonyl (C=O) groups excluding carboxylic acids is 2. The van der Waals surface area contributed by atoms with Crippen LogP contribution >= 0.6 is 11.6 Å². The standard InChI is InChI=1S/C15H18ClFN2O3/c16-12-7-10(3-6-13(12)17)19-15(22)8-14(21)18-9-1-4-11(20)5-2-9/h3,6-7,9,11,20H,1-2,4-5,8H2,(H,18,21)(H,19,22). The number of anilines is 1. The number of amides is 2. The minimum Gasteiger partial charge on any atom is -0.393 e. The number of hydrogen-bond donors (Lipinski definition) is 3. The normalized spacial score (nSPS) is 21.2. The van der Waals surface area contributed by atoms with E-state index in [-0.39, 0.29) is 29.5 Å². The lowest BCUT2D eigenvalue weighted by Crippen LogP contribution is -2.39. The smallest absolute Gasteiger partial charge is 0.233 e. The third-order valence-electron chi connectivity index (χ3n) is 3.59. The highest BCUT2D eigenvalue weighted by molar-refractivity contribution is 6.31. The van der Waals surface area contributed by atoms with Crippen LogP contribution in [0.1, 0.15) is 32.1 Å². The van der Waals surface area contributed by atoms with Crippen molar-refractivity contribution >= 4 is 29.1 Å². The van der Waals surface area contributed by atoms with Gasteiger partial charge in [0.2, 0.25) is 11.8 Å². The summed E-state index contributed by atoms with van der Waals surface area (Å²) >= 11 is 5.62. The highest BCUT2D eigenvalue weighted by atomic mass is 35.5. The van der Waals surface area contributed by atoms with E-state index in [9.17, 15) is 19.1 Å². The molecule has 120 valence electrons. The van der Waals surface area contributed by atoms with E-state index in [0.717, 1.165) is 6.07 Å². The van der Waals surface area contributed by atoms with Gasteiger partial charge in [-0.05, 0) is 43.9 Å². The molecule has 2 rings (SSSR count). The van der Waals surface area contributed by atoms with Crippen LogP contribution < -0.4 is 10.6 Å². The SMILES string of the molecule is O=C(CC(=O)NC1CCC(O)CC1)Nc1ccc(F)c(Cl)c1. The molecule has 0 bridgehead atoms. The van der Waals surface area contributed by atoms with Gasteiger partial charge >= 0.3 is 0 Å². The number of benzene rings is 1. The van der Waals surface area contributed by atoms with Crippen molar-refractivity contribution < 1.29 is 19.1 Å². The summed E-state index contributed by atoms with van der Waals surface area (Å²) in [5.74, 6) is -1.43. The summed E-state index contributed by atoms with van der Waals surface area (Å²) < 4.78 is 13.0. The first-order valence-corrected chi connectivity index (χ1v) is 7.54. The quantitative estimate of drug-likeness (QED) is 0.742. The number of aliphatic hydroxyl groups excluding tert-OH is 1. The Morgan fingerprint density at radius 3 is 2.55 bits per heavy atom. The maximum Gasteiger partial charge on any atom is 0.233 e. The van der Waals surface area contributed by atoms with Crippen molar-refractivity contribution in [1.82, 2.24) is 5.32 Å². The van der Waals surface area contributed by atoms with Gasteiger partial charge in [0.15, 0.2) is 0 Å². The van der Waals surface area contributed by atoms with E-state index in [1.165, 1.54) is 12.1 Å². The van der Waals surface area contributed by atoms with Crippen LogP contribution in [-0.4, -0.2) is 29.1 Å². The number of rotatable bonds is 4. The Morgan fingerprint density at radius 2 is 1.91 bits per heavy atom. The van der Waals surface area contributed by atoms with Crippen molar-refractivity contribution in [3.63, 3.8) is 0 Å². The molecule has 2 amide bonds. The molecule has 0 spiro atoms. The Morgan fingerprint density at radius 1 is 1.23 bits per heavy atom. The molecule has 0 radical (unpaired) electrons. The van der Waals surface area contributed by atoms with Crippen molar-refractivity contribution in [1.29, 1.82) is 0 Å². The van der Waals surface area contributed by atoms with Crippen molar-refractivity contribution in [2.45, 2.75) is 44.2 Å². The van der Waals surface area contributed by atoms with Gasteiger partial charge in [-0.3, -0.25) is 9.59 Å². The van der Waals surface area contributed by atoms with Gasteiger partial charge in [-0.1, -0.05) is 11.6 Å². The van der Waals surface area contributed by atoms with Gasteiger partial charge in [-0.25, -0.2) is 4.39 Å². The maximum absolute atomic E-state index is 13.0. The van der Waals surface area contributed by atoms with Gasteiger partial charge in [-0.2, -0.15) is 0 Å². The van der Waals surface area contributed by atoms with Crippen molar-refractivity contribution in [3.05, 3.63) is 29.0 Å². The van der Waals surface area contributed by atoms with E-state index < -0.39 is 11.7 Å². The summed E-state index contributed by atoms with van der Waals surface area (Å²) in [6.45, 7) is 0. The van der Waals surface area contributed by atoms with Gasteiger partial charge in [0.25, 0.3) is 0 Å². The van der Waals surface area contributed by atoms with Crippen molar-refractivity contribution in [3.8, 4) is 0 Å². The van der Waals surface area contributed by atoms with Crippen LogP contribution in [0.25, 0.3) is 0 Å². The van der Waals surface area contributed by atoms with Gasteiger partial charge in [0, 0.05) is 11.7 Å². The van der Waals surface area contributed by atoms with Crippen LogP contribution in [-0.2, 0) is 9.59 Å². The molecule has 3 N–H and O–H groups in total. The third kappa shape index (κ3) is 4.96. The van der Waals surface area contributed by atoms with Gasteiger partial charge in [0.05, 0.1) is 11.1 Å². The van der Waals surface area contributed by atoms with Gasteiger partial charge in [-0.15, -0.1) is 0 Å². The molecular weight excluding hydrogens is 311 g/mol. The minimum absolute atomic E-state index is 0.00367. The van der Waals surface area contributed by atoms with Gasteiger partial charge in [0.1, 0.15) is 12.2 Å². The summed E-state index contributed by atoms with van der Waals surface area (Å²) in [6, 6.07) is 3.81. The van der Waals surface area contributed by atoms with Crippen LogP contribution in [0.4, 0.5) is 10.1 Å². The summed E-state index contributed by atoms with van der Waals surface area (Å²) in [5.41, 5.74) is 0.338. The summed E-state index contributed by atoms with van der Waals surface area (Å²) in [4.78, 5) is 23.6. The fourth-order valence-electron chi connectivity index (χ4n) is 2.42. The molecule has 1 fully saturated rings. The Hall–Kier alpha value is -1.66. The van der Waals surface area contributed by atoms with E-state index in [0.29, 0.717) is 31.4 Å². The molecule has 22 heavy (non-hydrogen) atoms. The molecule has 1 saturated carbocycles. The van der Waals surface area contributed by atoms with Gasteiger partial charge < -0.3 is 15.7 Å². The molecule has 0 aliphatic heterocycles. The Balaban J connectivity index is 1.78. The summed E-state index contributed by atoms with van der Waals surface area (Å²) in [6.07, 6.45) is 2.13. The Kier molecular flexibility index (Phi) is 5.74. The second-order valence-corrected chi connectivity index (χ2v) is 5.83. The first-order valence-electron chi connectivity index (χ1n) is 7.16. The van der Waals surface area contributed by atoms with Crippen LogP contribution in [0, 0.1) is 5.82 Å². The lowest BCUT2D eigenvalue weighted by molar-refractivity contribution is -0.127. The van der Waals surface area contributed by atoms with Crippen LogP contribution in [0.15, 0.2) is 18.2 Å². The monoisotopic (exact) mass is 328 g/mol. The fourth-order valence-corrected chi connectivity index (χ4v) is 2.60. The first kappa shape index (κ1) is 16.7. The predicted octanol–water partition coefficient (Wildman–Crippen LogP) is 2.23. The molecular formula is C15H18ClFN2O3. The molecule has 1 aromatic rings. The highest BCUT2D eigenvalue weighted by Crippen LogP contribution is 2.20. The number of nitrogens with one attached hydrogen (secondary N) is 2. The average molecular weight is 329 g/mol. The van der Waals surface area contributed by atoms with E-state index in [2.05, 4.69) is 10.6 Å². The lowest BCUT2D eigenvalue weighted by Gasteiger charge is -2.26. The average Bonchev–Trinajstić information content (AvgIpc) is 2.45. The van der Waals surface area contributed by atoms with Crippen molar-refractivity contribution in [2.24, 2.45) is 0 Å². The Bertz CT molecular complexity index is 560. The van der Waals surface area contributed by atoms with Crippen LogP contribution in [0.2, 0.25) is 5.02 Å². The number of hydrogen-bond acceptors (Lipinski definition) is 3. The minimum atomic E-state index is -0.572. The molecule has 0 unspecified atom stereocenters. The number of carbonyl (C=O) groups is 2.